The summed E-state index contributed by atoms with van der Waals surface area (Å²) in [5.41, 5.74) is 5.15. The average Bonchev–Trinajstić information content (AvgIpc) is 2.31. The van der Waals surface area contributed by atoms with Gasteiger partial charge in [0, 0.05) is 7.05 Å². The van der Waals surface area contributed by atoms with Gasteiger partial charge in [0.2, 0.25) is 0 Å². The maximum absolute atomic E-state index is 6.95. The minimum atomic E-state index is 0.105. The zero-order valence-corrected chi connectivity index (χ0v) is 6.93. The number of nitrogens with zero attached hydrogens (tertiary/aromatic N) is 3. The molecule has 0 aliphatic carbocycles. The van der Waals surface area contributed by atoms with Crippen molar-refractivity contribution < 1.29 is 0 Å². The molecule has 0 saturated carbocycles. The first-order valence-corrected chi connectivity index (χ1v) is 3.98. The van der Waals surface area contributed by atoms with E-state index >= 15 is 0 Å². The molecule has 60 valence electrons. The van der Waals surface area contributed by atoms with Crippen LogP contribution in [0.4, 0.5) is 0 Å². The van der Waals surface area contributed by atoms with E-state index in [9.17, 15) is 0 Å². The lowest BCUT2D eigenvalue weighted by Gasteiger charge is -1.97. The van der Waals surface area contributed by atoms with Gasteiger partial charge >= 0.3 is 0 Å². The first kappa shape index (κ1) is 8.06. The number of hydrogen-bond acceptors (Lipinski definition) is 4. The molecule has 1 aromatic rings. The highest BCUT2D eigenvalue weighted by Gasteiger charge is 2.00. The van der Waals surface area contributed by atoms with Crippen LogP contribution in [-0.2, 0) is 12.8 Å². The molecule has 0 radical (unpaired) electrons. The van der Waals surface area contributed by atoms with Crippen LogP contribution in [0.2, 0.25) is 0 Å². The highest BCUT2D eigenvalue weighted by Crippen LogP contribution is 2.06. The van der Waals surface area contributed by atoms with E-state index in [0.29, 0.717) is 5.75 Å². The summed E-state index contributed by atoms with van der Waals surface area (Å²) >= 11 is 1.24. The molecule has 0 bridgehead atoms. The Labute approximate surface area is 68.5 Å². The number of thioether (sulfide) groups is 1. The Hall–Kier alpha value is -1.04. The molecule has 0 fully saturated rings. The maximum Gasteiger partial charge on any atom is 0.151 e. The van der Waals surface area contributed by atoms with Crippen LogP contribution in [0.25, 0.3) is 0 Å². The third kappa shape index (κ3) is 2.23. The quantitative estimate of drug-likeness (QED) is 0.482. The predicted octanol–water partition coefficient (Wildman–Crippen LogP) is -0.0582. The van der Waals surface area contributed by atoms with Gasteiger partial charge in [-0.15, -0.1) is 0 Å². The lowest BCUT2D eigenvalue weighted by atomic mass is 10.7. The highest BCUT2D eigenvalue weighted by atomic mass is 32.2. The van der Waals surface area contributed by atoms with Crippen LogP contribution >= 0.6 is 11.8 Å². The Balaban J connectivity index is 2.51. The molecule has 11 heavy (non-hydrogen) atoms. The van der Waals surface area contributed by atoms with E-state index in [1.54, 1.807) is 4.68 Å². The van der Waals surface area contributed by atoms with Gasteiger partial charge in [0.05, 0.1) is 5.75 Å². The molecule has 5 nitrogen and oxygen atoms in total. The number of rotatable bonds is 2. The lowest BCUT2D eigenvalue weighted by Crippen LogP contribution is -2.06. The van der Waals surface area contributed by atoms with Gasteiger partial charge in [-0.3, -0.25) is 10.1 Å². The van der Waals surface area contributed by atoms with Crippen molar-refractivity contribution in [3.05, 3.63) is 12.2 Å². The predicted molar refractivity (Wildman–Crippen MR) is 44.2 cm³/mol. The molecule has 1 rings (SSSR count). The van der Waals surface area contributed by atoms with E-state index in [-0.39, 0.29) is 5.17 Å². The normalized spacial score (nSPS) is 9.91. The number of nitrogens with two attached hydrogens (primary N) is 1. The van der Waals surface area contributed by atoms with Gasteiger partial charge < -0.3 is 5.73 Å². The van der Waals surface area contributed by atoms with Crippen LogP contribution in [0.5, 0.6) is 0 Å². The summed E-state index contributed by atoms with van der Waals surface area (Å²) in [4.78, 5) is 3.97. The van der Waals surface area contributed by atoms with Crippen molar-refractivity contribution >= 4 is 16.9 Å². The number of amidine groups is 1. The van der Waals surface area contributed by atoms with Crippen LogP contribution in [-0.4, -0.2) is 19.9 Å². The summed E-state index contributed by atoms with van der Waals surface area (Å²) in [7, 11) is 1.81. The zero-order valence-electron chi connectivity index (χ0n) is 6.11. The topological polar surface area (TPSA) is 80.6 Å². The van der Waals surface area contributed by atoms with Crippen LogP contribution in [0.15, 0.2) is 6.33 Å². The average molecular weight is 171 g/mol. The summed E-state index contributed by atoms with van der Waals surface area (Å²) in [6, 6.07) is 0. The van der Waals surface area contributed by atoms with Gasteiger partial charge in [-0.05, 0) is 0 Å². The van der Waals surface area contributed by atoms with Gasteiger partial charge in [-0.2, -0.15) is 5.10 Å². The van der Waals surface area contributed by atoms with Crippen molar-refractivity contribution in [2.45, 2.75) is 5.75 Å². The second-order valence-electron chi connectivity index (χ2n) is 1.95. The molecular formula is C5H9N5S. The van der Waals surface area contributed by atoms with Gasteiger partial charge in [0.25, 0.3) is 0 Å². The molecular weight excluding hydrogens is 162 g/mol. The minimum absolute atomic E-state index is 0.105. The molecule has 0 aromatic carbocycles. The van der Waals surface area contributed by atoms with Crippen LogP contribution in [0, 0.1) is 5.41 Å². The third-order valence-corrected chi connectivity index (χ3v) is 1.88. The number of aryl methyl sites for hydroxylation is 1. The van der Waals surface area contributed by atoms with Gasteiger partial charge in [-0.25, -0.2) is 4.98 Å². The van der Waals surface area contributed by atoms with Gasteiger partial charge in [0.1, 0.15) is 12.2 Å². The number of aromatic nitrogens is 3. The number of hydrogen-bond donors (Lipinski definition) is 2. The Morgan fingerprint density at radius 2 is 2.64 bits per heavy atom. The first-order chi connectivity index (χ1) is 5.20. The van der Waals surface area contributed by atoms with Crippen LogP contribution in [0.3, 0.4) is 0 Å². The number of nitrogens with one attached hydrogen (secondary N) is 1. The molecule has 3 N–H and O–H groups in total. The van der Waals surface area contributed by atoms with Gasteiger partial charge in [-0.1, -0.05) is 11.8 Å². The van der Waals surface area contributed by atoms with Crippen molar-refractivity contribution in [3.63, 3.8) is 0 Å². The molecule has 0 saturated heterocycles. The Bertz CT molecular complexity index is 255. The fourth-order valence-corrected chi connectivity index (χ4v) is 1.14. The Morgan fingerprint density at radius 1 is 1.91 bits per heavy atom. The van der Waals surface area contributed by atoms with Crippen molar-refractivity contribution in [2.24, 2.45) is 12.8 Å². The molecule has 1 aromatic heterocycles. The van der Waals surface area contributed by atoms with E-state index in [4.69, 9.17) is 11.1 Å². The molecule has 0 amide bonds. The summed E-state index contributed by atoms with van der Waals surface area (Å²) in [6.07, 6.45) is 1.48. The minimum Gasteiger partial charge on any atom is -0.379 e. The standard InChI is InChI=1S/C5H9N5S/c1-10-4(8-3-9-10)2-11-5(6)7/h3H,2H2,1H3,(H3,6,7). The first-order valence-electron chi connectivity index (χ1n) is 3.00. The van der Waals surface area contributed by atoms with Crippen molar-refractivity contribution in [1.29, 1.82) is 5.41 Å². The molecule has 0 aliphatic rings. The fourth-order valence-electron chi connectivity index (χ4n) is 0.593. The van der Waals surface area contributed by atoms with Crippen molar-refractivity contribution in [1.82, 2.24) is 14.8 Å². The second kappa shape index (κ2) is 3.38. The zero-order chi connectivity index (χ0) is 8.27. The molecule has 0 aliphatic heterocycles. The summed E-state index contributed by atoms with van der Waals surface area (Å²) in [5.74, 6) is 1.43. The lowest BCUT2D eigenvalue weighted by molar-refractivity contribution is 0.730. The largest absolute Gasteiger partial charge is 0.379 e. The monoisotopic (exact) mass is 171 g/mol. The fraction of sp³-hybridized carbons (Fsp3) is 0.400. The Morgan fingerprint density at radius 3 is 3.09 bits per heavy atom. The summed E-state index contributed by atoms with van der Waals surface area (Å²) < 4.78 is 1.66. The van der Waals surface area contributed by atoms with Gasteiger partial charge in [0.15, 0.2) is 5.17 Å². The van der Waals surface area contributed by atoms with Crippen molar-refractivity contribution in [3.8, 4) is 0 Å². The second-order valence-corrected chi connectivity index (χ2v) is 2.97. The van der Waals surface area contributed by atoms with E-state index in [2.05, 4.69) is 10.1 Å². The molecule has 0 spiro atoms. The summed E-state index contributed by atoms with van der Waals surface area (Å²) in [5, 5.41) is 10.9. The summed E-state index contributed by atoms with van der Waals surface area (Å²) in [6.45, 7) is 0. The molecule has 1 heterocycles. The van der Waals surface area contributed by atoms with Crippen LogP contribution < -0.4 is 5.73 Å². The molecule has 0 atom stereocenters. The van der Waals surface area contributed by atoms with E-state index < -0.39 is 0 Å². The smallest absolute Gasteiger partial charge is 0.151 e. The van der Waals surface area contributed by atoms with Crippen molar-refractivity contribution in [2.75, 3.05) is 0 Å². The van der Waals surface area contributed by atoms with E-state index in [1.165, 1.54) is 18.1 Å². The SMILES string of the molecule is Cn1ncnc1CSC(=N)N. The third-order valence-electron chi connectivity index (χ3n) is 1.16. The Kier molecular flexibility index (Phi) is 2.48. The van der Waals surface area contributed by atoms with E-state index in [1.807, 2.05) is 7.05 Å². The maximum atomic E-state index is 6.95. The van der Waals surface area contributed by atoms with E-state index in [0.717, 1.165) is 5.82 Å². The highest BCUT2D eigenvalue weighted by molar-refractivity contribution is 8.12. The molecule has 0 unspecified atom stereocenters. The molecule has 6 heteroatoms. The van der Waals surface area contributed by atoms with Crippen LogP contribution in [0.1, 0.15) is 5.82 Å².